The van der Waals surface area contributed by atoms with Crippen LogP contribution in [0, 0.1) is 0 Å². The highest BCUT2D eigenvalue weighted by Gasteiger charge is 2.42. The van der Waals surface area contributed by atoms with Crippen LogP contribution in [0.3, 0.4) is 0 Å². The van der Waals surface area contributed by atoms with Crippen molar-refractivity contribution < 1.29 is 23.1 Å². The van der Waals surface area contributed by atoms with Gasteiger partial charge in [0, 0.05) is 20.1 Å². The van der Waals surface area contributed by atoms with Gasteiger partial charge in [-0.1, -0.05) is 42.5 Å². The van der Waals surface area contributed by atoms with Gasteiger partial charge in [0.1, 0.15) is 0 Å². The van der Waals surface area contributed by atoms with Crippen LogP contribution >= 0.6 is 7.60 Å². The first kappa shape index (κ1) is 18.6. The number of hydrogen-bond donors (Lipinski definition) is 0. The molecular formula is C16H23O5P. The lowest BCUT2D eigenvalue weighted by Gasteiger charge is -2.31. The molecular weight excluding hydrogens is 303 g/mol. The third-order valence-corrected chi connectivity index (χ3v) is 6.08. The van der Waals surface area contributed by atoms with Crippen molar-refractivity contribution in [2.24, 2.45) is 0 Å². The maximum absolute atomic E-state index is 12.9. The largest absolute Gasteiger partial charge is 0.469 e. The van der Waals surface area contributed by atoms with Crippen LogP contribution in [0.4, 0.5) is 0 Å². The van der Waals surface area contributed by atoms with E-state index in [0.29, 0.717) is 5.57 Å². The normalized spacial score (nSPS) is 14.2. The standard InChI is InChI=1S/C16H23O5P/c1-12(2)16(22(18,20-4)21-5)14(11-15(17)19-3)13-9-7-6-8-10-13/h6-10,14,16H,1,11H2,2-5H3/t14-,16+/m0/s1. The van der Waals surface area contributed by atoms with Crippen molar-refractivity contribution in [2.45, 2.75) is 24.9 Å². The molecule has 0 radical (unpaired) electrons. The Bertz CT molecular complexity index is 547. The third-order valence-electron chi connectivity index (χ3n) is 3.58. The average molecular weight is 326 g/mol. The number of benzene rings is 1. The van der Waals surface area contributed by atoms with E-state index in [4.69, 9.17) is 13.8 Å². The Morgan fingerprint density at radius 3 is 2.14 bits per heavy atom. The van der Waals surface area contributed by atoms with Crippen LogP contribution in [0.15, 0.2) is 42.5 Å². The van der Waals surface area contributed by atoms with Gasteiger partial charge >= 0.3 is 13.6 Å². The zero-order chi connectivity index (χ0) is 16.8. The van der Waals surface area contributed by atoms with Crippen LogP contribution in [0.25, 0.3) is 0 Å². The molecule has 0 spiro atoms. The summed E-state index contributed by atoms with van der Waals surface area (Å²) in [6.45, 7) is 5.67. The SMILES string of the molecule is C=C(C)[C@H]([C@@H](CC(=O)OC)c1ccccc1)P(=O)(OC)OC. The van der Waals surface area contributed by atoms with Crippen molar-refractivity contribution in [2.75, 3.05) is 21.3 Å². The van der Waals surface area contributed by atoms with Crippen molar-refractivity contribution in [1.82, 2.24) is 0 Å². The second kappa shape index (κ2) is 8.28. The Balaban J connectivity index is 3.35. The molecule has 0 aromatic heterocycles. The van der Waals surface area contributed by atoms with Gasteiger partial charge in [-0.15, -0.1) is 0 Å². The Kier molecular flexibility index (Phi) is 7.01. The van der Waals surface area contributed by atoms with Crippen molar-refractivity contribution in [3.05, 3.63) is 48.0 Å². The number of ether oxygens (including phenoxy) is 1. The van der Waals surface area contributed by atoms with Gasteiger partial charge in [-0.25, -0.2) is 0 Å². The summed E-state index contributed by atoms with van der Waals surface area (Å²) in [5.41, 5.74) is 0.851. The molecule has 0 aliphatic rings. The first-order chi connectivity index (χ1) is 10.4. The van der Waals surface area contributed by atoms with E-state index in [1.807, 2.05) is 30.3 Å². The first-order valence-corrected chi connectivity index (χ1v) is 8.49. The van der Waals surface area contributed by atoms with Crippen LogP contribution in [0.5, 0.6) is 0 Å². The zero-order valence-corrected chi connectivity index (χ0v) is 14.3. The van der Waals surface area contributed by atoms with Gasteiger partial charge in [0.15, 0.2) is 0 Å². The fourth-order valence-corrected chi connectivity index (χ4v) is 4.37. The van der Waals surface area contributed by atoms with Gasteiger partial charge < -0.3 is 13.8 Å². The molecule has 6 heteroatoms. The fourth-order valence-electron chi connectivity index (χ4n) is 2.51. The van der Waals surface area contributed by atoms with Gasteiger partial charge in [0.25, 0.3) is 0 Å². The minimum Gasteiger partial charge on any atom is -0.469 e. The summed E-state index contributed by atoms with van der Waals surface area (Å²) in [4.78, 5) is 11.8. The molecule has 0 saturated carbocycles. The quantitative estimate of drug-likeness (QED) is 0.413. The number of carbonyl (C=O) groups is 1. The number of allylic oxidation sites excluding steroid dienone is 1. The summed E-state index contributed by atoms with van der Waals surface area (Å²) < 4.78 is 28.0. The van der Waals surface area contributed by atoms with E-state index >= 15 is 0 Å². The van der Waals surface area contributed by atoms with E-state index < -0.39 is 19.2 Å². The highest BCUT2D eigenvalue weighted by molar-refractivity contribution is 7.55. The van der Waals surface area contributed by atoms with Crippen LogP contribution in [-0.2, 0) is 23.1 Å². The third kappa shape index (κ3) is 4.29. The molecule has 5 nitrogen and oxygen atoms in total. The molecule has 2 atom stereocenters. The van der Waals surface area contributed by atoms with E-state index in [1.54, 1.807) is 6.92 Å². The smallest absolute Gasteiger partial charge is 0.337 e. The van der Waals surface area contributed by atoms with Gasteiger partial charge in [-0.3, -0.25) is 9.36 Å². The van der Waals surface area contributed by atoms with Gasteiger partial charge in [0.05, 0.1) is 19.2 Å². The fraction of sp³-hybridized carbons (Fsp3) is 0.438. The van der Waals surface area contributed by atoms with Gasteiger partial charge in [-0.2, -0.15) is 0 Å². The molecule has 1 rings (SSSR count). The van der Waals surface area contributed by atoms with E-state index in [-0.39, 0.29) is 12.4 Å². The van der Waals surface area contributed by atoms with Crippen LogP contribution < -0.4 is 0 Å². The van der Waals surface area contributed by atoms with Crippen LogP contribution in [-0.4, -0.2) is 33.0 Å². The molecule has 0 amide bonds. The lowest BCUT2D eigenvalue weighted by Crippen LogP contribution is -2.25. The van der Waals surface area contributed by atoms with E-state index in [9.17, 15) is 9.36 Å². The molecule has 0 fully saturated rings. The summed E-state index contributed by atoms with van der Waals surface area (Å²) in [5.74, 6) is -0.796. The molecule has 0 N–H and O–H groups in total. The molecule has 0 saturated heterocycles. The Labute approximate surface area is 131 Å². The molecule has 122 valence electrons. The van der Waals surface area contributed by atoms with E-state index in [0.717, 1.165) is 5.56 Å². The maximum atomic E-state index is 12.9. The number of hydrogen-bond acceptors (Lipinski definition) is 5. The molecule has 1 aromatic carbocycles. The van der Waals surface area contributed by atoms with Crippen molar-refractivity contribution in [3.8, 4) is 0 Å². The molecule has 1 aromatic rings. The van der Waals surface area contributed by atoms with Gasteiger partial charge in [-0.05, 0) is 12.5 Å². The molecule has 0 unspecified atom stereocenters. The van der Waals surface area contributed by atoms with E-state index in [2.05, 4.69) is 6.58 Å². The highest BCUT2D eigenvalue weighted by atomic mass is 31.2. The van der Waals surface area contributed by atoms with Gasteiger partial charge in [0.2, 0.25) is 0 Å². The number of methoxy groups -OCH3 is 1. The molecule has 22 heavy (non-hydrogen) atoms. The maximum Gasteiger partial charge on any atom is 0.337 e. The number of carbonyl (C=O) groups excluding carboxylic acids is 1. The number of esters is 1. The predicted molar refractivity (Wildman–Crippen MR) is 86.0 cm³/mol. The van der Waals surface area contributed by atoms with E-state index in [1.165, 1.54) is 21.3 Å². The molecule has 0 aliphatic carbocycles. The zero-order valence-electron chi connectivity index (χ0n) is 13.4. The summed E-state index contributed by atoms with van der Waals surface area (Å²) in [5, 5.41) is 0. The predicted octanol–water partition coefficient (Wildman–Crippen LogP) is 3.76. The monoisotopic (exact) mass is 326 g/mol. The Morgan fingerprint density at radius 2 is 1.73 bits per heavy atom. The highest BCUT2D eigenvalue weighted by Crippen LogP contribution is 2.59. The Morgan fingerprint density at radius 1 is 1.18 bits per heavy atom. The number of rotatable bonds is 8. The molecule has 0 heterocycles. The lowest BCUT2D eigenvalue weighted by atomic mass is 9.89. The Hall–Kier alpha value is -1.42. The summed E-state index contributed by atoms with van der Waals surface area (Å²) in [7, 11) is 0.550. The topological polar surface area (TPSA) is 61.8 Å². The summed E-state index contributed by atoms with van der Waals surface area (Å²) in [6.07, 6.45) is 0.0642. The van der Waals surface area contributed by atoms with Crippen molar-refractivity contribution in [3.63, 3.8) is 0 Å². The van der Waals surface area contributed by atoms with Crippen LogP contribution in [0.2, 0.25) is 0 Å². The van der Waals surface area contributed by atoms with Crippen LogP contribution in [0.1, 0.15) is 24.8 Å². The van der Waals surface area contributed by atoms with Crippen molar-refractivity contribution >= 4 is 13.6 Å². The second-order valence-corrected chi connectivity index (χ2v) is 7.36. The second-order valence-electron chi connectivity index (χ2n) is 4.99. The summed E-state index contributed by atoms with van der Waals surface area (Å²) in [6, 6.07) is 9.35. The first-order valence-electron chi connectivity index (χ1n) is 6.88. The lowest BCUT2D eigenvalue weighted by molar-refractivity contribution is -0.141. The summed E-state index contributed by atoms with van der Waals surface area (Å²) >= 11 is 0. The van der Waals surface area contributed by atoms with Crippen molar-refractivity contribution in [1.29, 1.82) is 0 Å². The molecule has 0 aliphatic heterocycles. The minimum atomic E-state index is -3.44. The minimum absolute atomic E-state index is 0.0642. The average Bonchev–Trinajstić information content (AvgIpc) is 2.54. The molecule has 0 bridgehead atoms.